The summed E-state index contributed by atoms with van der Waals surface area (Å²) < 4.78 is 0.604. The maximum Gasteiger partial charge on any atom is 0.119 e. The van der Waals surface area contributed by atoms with Crippen LogP contribution < -0.4 is 0 Å². The van der Waals surface area contributed by atoms with Gasteiger partial charge in [-0.1, -0.05) is 24.4 Å². The average Bonchev–Trinajstić information content (AvgIpc) is 2.30. The Labute approximate surface area is 92.0 Å². The van der Waals surface area contributed by atoms with Crippen molar-refractivity contribution in [2.45, 2.75) is 0 Å². The number of hydrogen-bond acceptors (Lipinski definition) is 3. The molecule has 1 aromatic carbocycles. The van der Waals surface area contributed by atoms with Gasteiger partial charge in [0, 0.05) is 5.56 Å². The summed E-state index contributed by atoms with van der Waals surface area (Å²) in [5.41, 5.74) is 2.41. The van der Waals surface area contributed by atoms with Crippen molar-refractivity contribution in [1.82, 2.24) is 10.2 Å². The van der Waals surface area contributed by atoms with Gasteiger partial charge in [0.05, 0.1) is 17.3 Å². The standard InChI is InChI=1S/C11H7N3S/c12-7-8-1-3-9(4-2-8)10-5-6-11(15)14-13-10/h1-6H,(H,14,15). The Morgan fingerprint density at radius 1 is 1.13 bits per heavy atom. The third-order valence-electron chi connectivity index (χ3n) is 1.99. The fourth-order valence-electron chi connectivity index (χ4n) is 1.22. The predicted molar refractivity (Wildman–Crippen MR) is 59.6 cm³/mol. The van der Waals surface area contributed by atoms with Crippen molar-refractivity contribution < 1.29 is 0 Å². The SMILES string of the molecule is N#Cc1ccc(-c2ccc(=S)[nH]n2)cc1. The molecule has 15 heavy (non-hydrogen) atoms. The minimum Gasteiger partial charge on any atom is -0.267 e. The van der Waals surface area contributed by atoms with Crippen LogP contribution in [0.2, 0.25) is 0 Å². The highest BCUT2D eigenvalue weighted by Crippen LogP contribution is 2.15. The highest BCUT2D eigenvalue weighted by molar-refractivity contribution is 7.71. The quantitative estimate of drug-likeness (QED) is 0.741. The van der Waals surface area contributed by atoms with Crippen molar-refractivity contribution in [1.29, 1.82) is 5.26 Å². The Bertz CT molecular complexity index is 543. The molecule has 0 amide bonds. The zero-order valence-corrected chi connectivity index (χ0v) is 8.58. The van der Waals surface area contributed by atoms with E-state index in [0.29, 0.717) is 10.2 Å². The van der Waals surface area contributed by atoms with Gasteiger partial charge in [-0.3, -0.25) is 5.10 Å². The molecule has 1 heterocycles. The number of nitrogens with zero attached hydrogens (tertiary/aromatic N) is 2. The van der Waals surface area contributed by atoms with Crippen LogP contribution in [0.1, 0.15) is 5.56 Å². The van der Waals surface area contributed by atoms with Gasteiger partial charge in [0.15, 0.2) is 0 Å². The molecular weight excluding hydrogens is 206 g/mol. The summed E-state index contributed by atoms with van der Waals surface area (Å²) in [6.45, 7) is 0. The van der Waals surface area contributed by atoms with Gasteiger partial charge in [-0.25, -0.2) is 0 Å². The van der Waals surface area contributed by atoms with Crippen molar-refractivity contribution >= 4 is 12.2 Å². The zero-order chi connectivity index (χ0) is 10.7. The molecular formula is C11H7N3S. The first kappa shape index (κ1) is 9.56. The van der Waals surface area contributed by atoms with Crippen molar-refractivity contribution in [2.75, 3.05) is 0 Å². The second kappa shape index (κ2) is 4.03. The van der Waals surface area contributed by atoms with E-state index in [1.165, 1.54) is 0 Å². The molecule has 0 fully saturated rings. The van der Waals surface area contributed by atoms with E-state index in [4.69, 9.17) is 17.5 Å². The van der Waals surface area contributed by atoms with Crippen LogP contribution in [-0.4, -0.2) is 10.2 Å². The number of rotatable bonds is 1. The van der Waals surface area contributed by atoms with Gasteiger partial charge in [0.25, 0.3) is 0 Å². The van der Waals surface area contributed by atoms with Crippen LogP contribution in [-0.2, 0) is 0 Å². The van der Waals surface area contributed by atoms with Crippen molar-refractivity contribution in [2.24, 2.45) is 0 Å². The maximum atomic E-state index is 8.65. The highest BCUT2D eigenvalue weighted by atomic mass is 32.1. The number of hydrogen-bond donors (Lipinski definition) is 1. The molecule has 0 saturated carbocycles. The molecule has 2 aromatic rings. The Balaban J connectivity index is 2.42. The molecule has 0 radical (unpaired) electrons. The van der Waals surface area contributed by atoms with E-state index < -0.39 is 0 Å². The van der Waals surface area contributed by atoms with Crippen LogP contribution in [0.3, 0.4) is 0 Å². The van der Waals surface area contributed by atoms with Gasteiger partial charge in [-0.05, 0) is 24.3 Å². The smallest absolute Gasteiger partial charge is 0.119 e. The molecule has 1 N–H and O–H groups in total. The summed E-state index contributed by atoms with van der Waals surface area (Å²) in [7, 11) is 0. The van der Waals surface area contributed by atoms with E-state index in [-0.39, 0.29) is 0 Å². The Morgan fingerprint density at radius 2 is 1.87 bits per heavy atom. The fourth-order valence-corrected chi connectivity index (χ4v) is 1.33. The number of nitrogens with one attached hydrogen (secondary N) is 1. The highest BCUT2D eigenvalue weighted by Gasteiger charge is 1.98. The Hall–Kier alpha value is -1.99. The first-order chi connectivity index (χ1) is 7.29. The molecule has 0 spiro atoms. The summed E-state index contributed by atoms with van der Waals surface area (Å²) in [6.07, 6.45) is 0. The average molecular weight is 213 g/mol. The number of benzene rings is 1. The first-order valence-corrected chi connectivity index (χ1v) is 4.77. The number of aromatic nitrogens is 2. The third kappa shape index (κ3) is 2.09. The van der Waals surface area contributed by atoms with Gasteiger partial charge in [-0.2, -0.15) is 10.4 Å². The van der Waals surface area contributed by atoms with E-state index in [1.54, 1.807) is 18.2 Å². The summed E-state index contributed by atoms with van der Waals surface area (Å²) >= 11 is 4.90. The zero-order valence-electron chi connectivity index (χ0n) is 7.77. The molecule has 72 valence electrons. The number of aromatic amines is 1. The molecule has 0 aliphatic rings. The van der Waals surface area contributed by atoms with E-state index in [1.807, 2.05) is 18.2 Å². The molecule has 3 nitrogen and oxygen atoms in total. The summed E-state index contributed by atoms with van der Waals surface area (Å²) in [5.74, 6) is 0. The lowest BCUT2D eigenvalue weighted by Crippen LogP contribution is -1.86. The molecule has 0 aliphatic carbocycles. The Morgan fingerprint density at radius 3 is 2.40 bits per heavy atom. The number of H-pyrrole nitrogens is 1. The van der Waals surface area contributed by atoms with Gasteiger partial charge in [0.2, 0.25) is 0 Å². The van der Waals surface area contributed by atoms with E-state index in [9.17, 15) is 0 Å². The Kier molecular flexibility index (Phi) is 2.57. The summed E-state index contributed by atoms with van der Waals surface area (Å²) in [4.78, 5) is 0. The molecule has 2 rings (SSSR count). The molecule has 0 atom stereocenters. The van der Waals surface area contributed by atoms with Crippen molar-refractivity contribution in [3.63, 3.8) is 0 Å². The van der Waals surface area contributed by atoms with Crippen LogP contribution >= 0.6 is 12.2 Å². The van der Waals surface area contributed by atoms with E-state index in [2.05, 4.69) is 16.3 Å². The molecule has 4 heteroatoms. The second-order valence-electron chi connectivity index (χ2n) is 3.00. The van der Waals surface area contributed by atoms with Crippen LogP contribution in [0.15, 0.2) is 36.4 Å². The van der Waals surface area contributed by atoms with Crippen LogP contribution in [0.25, 0.3) is 11.3 Å². The topological polar surface area (TPSA) is 52.5 Å². The van der Waals surface area contributed by atoms with Crippen LogP contribution in [0, 0.1) is 16.0 Å². The second-order valence-corrected chi connectivity index (χ2v) is 3.44. The van der Waals surface area contributed by atoms with Gasteiger partial charge < -0.3 is 0 Å². The lowest BCUT2D eigenvalue weighted by molar-refractivity contribution is 1.02. The fraction of sp³-hybridized carbons (Fsp3) is 0. The monoisotopic (exact) mass is 213 g/mol. The minimum atomic E-state index is 0.604. The van der Waals surface area contributed by atoms with E-state index >= 15 is 0 Å². The van der Waals surface area contributed by atoms with E-state index in [0.717, 1.165) is 11.3 Å². The molecule has 1 aromatic heterocycles. The lowest BCUT2D eigenvalue weighted by Gasteiger charge is -1.99. The van der Waals surface area contributed by atoms with Crippen LogP contribution in [0.4, 0.5) is 0 Å². The molecule has 0 bridgehead atoms. The predicted octanol–water partition coefficient (Wildman–Crippen LogP) is 2.68. The lowest BCUT2D eigenvalue weighted by atomic mass is 10.1. The maximum absolute atomic E-state index is 8.65. The largest absolute Gasteiger partial charge is 0.267 e. The number of nitriles is 1. The van der Waals surface area contributed by atoms with Gasteiger partial charge in [0.1, 0.15) is 4.64 Å². The first-order valence-electron chi connectivity index (χ1n) is 4.36. The van der Waals surface area contributed by atoms with Crippen LogP contribution in [0.5, 0.6) is 0 Å². The van der Waals surface area contributed by atoms with Gasteiger partial charge in [-0.15, -0.1) is 0 Å². The summed E-state index contributed by atoms with van der Waals surface area (Å²) in [5, 5.41) is 15.5. The summed E-state index contributed by atoms with van der Waals surface area (Å²) in [6, 6.07) is 12.9. The van der Waals surface area contributed by atoms with Crippen molar-refractivity contribution in [3.05, 3.63) is 46.6 Å². The normalized spacial score (nSPS) is 9.53. The molecule has 0 aliphatic heterocycles. The molecule has 0 unspecified atom stereocenters. The van der Waals surface area contributed by atoms with Crippen molar-refractivity contribution in [3.8, 4) is 17.3 Å². The third-order valence-corrected chi connectivity index (χ3v) is 2.22. The van der Waals surface area contributed by atoms with Gasteiger partial charge >= 0.3 is 0 Å². The minimum absolute atomic E-state index is 0.604. The molecule has 0 saturated heterocycles.